The second-order valence-electron chi connectivity index (χ2n) is 5.36. The van der Waals surface area contributed by atoms with Crippen LogP contribution in [0.25, 0.3) is 33.7 Å². The van der Waals surface area contributed by atoms with Crippen molar-refractivity contribution in [3.8, 4) is 28.4 Å². The Morgan fingerprint density at radius 1 is 1.12 bits per heavy atom. The van der Waals surface area contributed by atoms with Crippen molar-refractivity contribution in [1.82, 2.24) is 25.1 Å². The Bertz CT molecular complexity index is 1170. The number of fused-ring (bicyclic) bond motifs is 1. The molecule has 3 heterocycles. The van der Waals surface area contributed by atoms with Crippen molar-refractivity contribution in [2.45, 2.75) is 0 Å². The van der Waals surface area contributed by atoms with Gasteiger partial charge in [0.1, 0.15) is 11.6 Å². The molecule has 4 aromatic rings. The maximum atomic E-state index is 12.2. The molecular formula is C17H11N5O4. The van der Waals surface area contributed by atoms with Crippen molar-refractivity contribution in [3.05, 3.63) is 59.1 Å². The molecule has 3 aromatic heterocycles. The minimum atomic E-state index is -1.41. The van der Waals surface area contributed by atoms with E-state index in [9.17, 15) is 9.59 Å². The number of ether oxygens (including phenoxy) is 1. The minimum Gasteiger partial charge on any atom is -0.449 e. The van der Waals surface area contributed by atoms with Crippen LogP contribution in [0.15, 0.2) is 53.6 Å². The summed E-state index contributed by atoms with van der Waals surface area (Å²) < 4.78 is 4.62. The van der Waals surface area contributed by atoms with Crippen LogP contribution in [-0.4, -0.2) is 36.4 Å². The lowest BCUT2D eigenvalue weighted by Crippen LogP contribution is -2.12. The molecule has 1 aromatic carbocycles. The van der Waals surface area contributed by atoms with Crippen molar-refractivity contribution >= 4 is 17.2 Å². The van der Waals surface area contributed by atoms with E-state index in [2.05, 4.69) is 29.9 Å². The van der Waals surface area contributed by atoms with Gasteiger partial charge < -0.3 is 14.8 Å². The van der Waals surface area contributed by atoms with Crippen LogP contribution in [0.4, 0.5) is 4.79 Å². The molecule has 9 nitrogen and oxygen atoms in total. The number of H-pyrrole nitrogens is 2. The fraction of sp³-hybridized carbons (Fsp3) is 0. The van der Waals surface area contributed by atoms with Gasteiger partial charge in [-0.1, -0.05) is 0 Å². The number of pyridine rings is 1. The fourth-order valence-corrected chi connectivity index (χ4v) is 2.53. The molecule has 4 rings (SSSR count). The molecule has 0 saturated heterocycles. The smallest absolute Gasteiger partial charge is 0.449 e. The van der Waals surface area contributed by atoms with Gasteiger partial charge in [-0.3, -0.25) is 9.78 Å². The van der Waals surface area contributed by atoms with Crippen LogP contribution in [0, 0.1) is 0 Å². The summed E-state index contributed by atoms with van der Waals surface area (Å²) in [5.41, 5.74) is 2.38. The number of hydrogen-bond donors (Lipinski definition) is 3. The maximum Gasteiger partial charge on any atom is 0.511 e. The van der Waals surface area contributed by atoms with Gasteiger partial charge in [-0.2, -0.15) is 5.10 Å². The van der Waals surface area contributed by atoms with Gasteiger partial charge in [0.25, 0.3) is 5.56 Å². The van der Waals surface area contributed by atoms with E-state index >= 15 is 0 Å². The molecule has 0 fully saturated rings. The number of carbonyl (C=O) groups is 1. The van der Waals surface area contributed by atoms with Gasteiger partial charge in [-0.15, -0.1) is 0 Å². The van der Waals surface area contributed by atoms with Gasteiger partial charge in [0.2, 0.25) is 0 Å². The van der Waals surface area contributed by atoms with Gasteiger partial charge >= 0.3 is 6.16 Å². The third kappa shape index (κ3) is 2.88. The third-order valence-electron chi connectivity index (χ3n) is 3.69. The highest BCUT2D eigenvalue weighted by Crippen LogP contribution is 2.24. The molecule has 0 spiro atoms. The summed E-state index contributed by atoms with van der Waals surface area (Å²) in [5, 5.41) is 15.2. The van der Waals surface area contributed by atoms with Crippen molar-refractivity contribution < 1.29 is 14.6 Å². The van der Waals surface area contributed by atoms with Crippen LogP contribution < -0.4 is 10.3 Å². The van der Waals surface area contributed by atoms with Gasteiger partial charge in [0.15, 0.2) is 0 Å². The van der Waals surface area contributed by atoms with Crippen LogP contribution in [-0.2, 0) is 0 Å². The molecule has 0 atom stereocenters. The van der Waals surface area contributed by atoms with Crippen molar-refractivity contribution in [1.29, 1.82) is 0 Å². The molecule has 0 saturated carbocycles. The lowest BCUT2D eigenvalue weighted by atomic mass is 10.1. The highest BCUT2D eigenvalue weighted by Gasteiger charge is 2.13. The first-order chi connectivity index (χ1) is 12.6. The second kappa shape index (κ2) is 6.13. The van der Waals surface area contributed by atoms with E-state index < -0.39 is 11.7 Å². The first-order valence-electron chi connectivity index (χ1n) is 7.51. The number of imidazole rings is 1. The molecule has 0 bridgehead atoms. The van der Waals surface area contributed by atoms with E-state index in [0.29, 0.717) is 28.1 Å². The number of aromatic nitrogens is 5. The van der Waals surface area contributed by atoms with Gasteiger partial charge in [-0.25, -0.2) is 14.9 Å². The first-order valence-corrected chi connectivity index (χ1v) is 7.51. The second-order valence-corrected chi connectivity index (χ2v) is 5.36. The molecule has 0 unspecified atom stereocenters. The zero-order valence-electron chi connectivity index (χ0n) is 13.1. The average Bonchev–Trinajstić information content (AvgIpc) is 3.05. The maximum absolute atomic E-state index is 12.2. The van der Waals surface area contributed by atoms with Crippen LogP contribution in [0.1, 0.15) is 0 Å². The number of nitrogens with one attached hydrogen (secondary N) is 2. The van der Waals surface area contributed by atoms with E-state index in [1.54, 1.807) is 36.7 Å². The molecule has 9 heteroatoms. The van der Waals surface area contributed by atoms with E-state index in [4.69, 9.17) is 5.11 Å². The van der Waals surface area contributed by atoms with Crippen LogP contribution in [0.5, 0.6) is 5.75 Å². The quantitative estimate of drug-likeness (QED) is 0.382. The SMILES string of the molecule is O=C(O)Oc1ccc2nc(-c3cc(-c4ccncc4)n[nH]c3=O)[nH]c2c1. The standard InChI is InChI=1S/C17H11N5O4/c23-16-11(8-13(21-22-16)9-3-5-18-6-4-9)15-19-12-2-1-10(26-17(24)25)7-14(12)20-15/h1-8H,(H,19,20)(H,22,23)(H,24,25). The zero-order chi connectivity index (χ0) is 18.1. The molecule has 0 aliphatic carbocycles. The summed E-state index contributed by atoms with van der Waals surface area (Å²) in [6, 6.07) is 9.77. The summed E-state index contributed by atoms with van der Waals surface area (Å²) in [6.45, 7) is 0. The van der Waals surface area contributed by atoms with Crippen LogP contribution in [0.3, 0.4) is 0 Å². The summed E-state index contributed by atoms with van der Waals surface area (Å²) in [7, 11) is 0. The molecule has 3 N–H and O–H groups in total. The Morgan fingerprint density at radius 2 is 1.92 bits per heavy atom. The summed E-state index contributed by atoms with van der Waals surface area (Å²) in [4.78, 5) is 34.2. The molecule has 0 aliphatic heterocycles. The molecular weight excluding hydrogens is 338 g/mol. The number of rotatable bonds is 3. The summed E-state index contributed by atoms with van der Waals surface area (Å²) in [5.74, 6) is 0.493. The molecule has 0 radical (unpaired) electrons. The van der Waals surface area contributed by atoms with Gasteiger partial charge in [-0.05, 0) is 30.3 Å². The largest absolute Gasteiger partial charge is 0.511 e. The highest BCUT2D eigenvalue weighted by atomic mass is 16.7. The monoisotopic (exact) mass is 349 g/mol. The van der Waals surface area contributed by atoms with Crippen LogP contribution in [0.2, 0.25) is 0 Å². The summed E-state index contributed by atoms with van der Waals surface area (Å²) >= 11 is 0. The van der Waals surface area contributed by atoms with Crippen molar-refractivity contribution in [3.63, 3.8) is 0 Å². The van der Waals surface area contributed by atoms with Gasteiger partial charge in [0.05, 0.1) is 22.3 Å². The highest BCUT2D eigenvalue weighted by molar-refractivity contribution is 5.81. The van der Waals surface area contributed by atoms with E-state index in [0.717, 1.165) is 5.56 Å². The molecule has 0 aliphatic rings. The Hall–Kier alpha value is -4.01. The number of nitrogens with zero attached hydrogens (tertiary/aromatic N) is 3. The van der Waals surface area contributed by atoms with Crippen molar-refractivity contribution in [2.75, 3.05) is 0 Å². The average molecular weight is 349 g/mol. The predicted octanol–water partition coefficient (Wildman–Crippen LogP) is 2.43. The fourth-order valence-electron chi connectivity index (χ4n) is 2.53. The first kappa shape index (κ1) is 15.5. The number of carboxylic acid groups (broad SMARTS) is 1. The summed E-state index contributed by atoms with van der Waals surface area (Å²) in [6.07, 6.45) is 1.86. The number of aromatic amines is 2. The van der Waals surface area contributed by atoms with Crippen LogP contribution >= 0.6 is 0 Å². The Labute approximate surface area is 145 Å². The molecule has 128 valence electrons. The molecule has 0 amide bonds. The van der Waals surface area contributed by atoms with Crippen molar-refractivity contribution in [2.24, 2.45) is 0 Å². The van der Waals surface area contributed by atoms with E-state index in [1.165, 1.54) is 12.1 Å². The zero-order valence-corrected chi connectivity index (χ0v) is 13.1. The number of benzene rings is 1. The predicted molar refractivity (Wildman–Crippen MR) is 91.8 cm³/mol. The van der Waals surface area contributed by atoms with E-state index in [-0.39, 0.29) is 5.75 Å². The third-order valence-corrected chi connectivity index (χ3v) is 3.69. The van der Waals surface area contributed by atoms with E-state index in [1.807, 2.05) is 0 Å². The Balaban J connectivity index is 1.79. The topological polar surface area (TPSA) is 134 Å². The minimum absolute atomic E-state index is 0.154. The number of hydrogen-bond acceptors (Lipinski definition) is 6. The van der Waals surface area contributed by atoms with Gasteiger partial charge in [0, 0.05) is 24.0 Å². The lowest BCUT2D eigenvalue weighted by molar-refractivity contribution is 0.144. The Kier molecular flexibility index (Phi) is 3.66. The molecule has 26 heavy (non-hydrogen) atoms. The Morgan fingerprint density at radius 3 is 2.69 bits per heavy atom. The normalized spacial score (nSPS) is 10.8. The lowest BCUT2D eigenvalue weighted by Gasteiger charge is -2.01.